The van der Waals surface area contributed by atoms with Gasteiger partial charge in [-0.3, -0.25) is 4.79 Å². The van der Waals surface area contributed by atoms with Crippen molar-refractivity contribution in [3.8, 4) is 0 Å². The molecule has 0 aliphatic rings. The van der Waals surface area contributed by atoms with Crippen LogP contribution in [-0.4, -0.2) is 18.5 Å². The molecule has 3 nitrogen and oxygen atoms in total. The largest absolute Gasteiger partial charge is 0.370 e. The van der Waals surface area contributed by atoms with E-state index in [0.29, 0.717) is 6.54 Å². The van der Waals surface area contributed by atoms with E-state index in [4.69, 9.17) is 11.6 Å². The molecule has 0 spiro atoms. The molecular weight excluding hydrogens is 286 g/mol. The molecule has 1 rings (SSSR count). The highest BCUT2D eigenvalue weighted by Gasteiger charge is 2.17. The van der Waals surface area contributed by atoms with Crippen LogP contribution < -0.4 is 10.6 Å². The summed E-state index contributed by atoms with van der Waals surface area (Å²) < 4.78 is 26.5. The lowest BCUT2D eigenvalue weighted by molar-refractivity contribution is -0.121. The molecule has 1 atom stereocenters. The maximum absolute atomic E-state index is 13.6. The van der Waals surface area contributed by atoms with Gasteiger partial charge in [0.05, 0.1) is 10.7 Å². The van der Waals surface area contributed by atoms with Gasteiger partial charge in [0, 0.05) is 12.6 Å². The van der Waals surface area contributed by atoms with Gasteiger partial charge in [0.2, 0.25) is 5.91 Å². The second-order valence-electron chi connectivity index (χ2n) is 4.61. The molecule has 0 aliphatic heterocycles. The average Bonchev–Trinajstić information content (AvgIpc) is 2.38. The predicted octanol–water partition coefficient (Wildman–Crippen LogP) is 3.73. The highest BCUT2D eigenvalue weighted by molar-refractivity contribution is 6.33. The number of rotatable bonds is 7. The number of amides is 1. The normalized spacial score (nSPS) is 12.1. The van der Waals surface area contributed by atoms with E-state index in [-0.39, 0.29) is 16.6 Å². The summed E-state index contributed by atoms with van der Waals surface area (Å²) in [6, 6.07) is 1.06. The maximum atomic E-state index is 13.6. The van der Waals surface area contributed by atoms with Crippen LogP contribution in [0.2, 0.25) is 5.02 Å². The first-order valence-electron chi connectivity index (χ1n) is 6.64. The Morgan fingerprint density at radius 2 is 2.05 bits per heavy atom. The van der Waals surface area contributed by atoms with Crippen molar-refractivity contribution in [2.24, 2.45) is 0 Å². The lowest BCUT2D eigenvalue weighted by Crippen LogP contribution is -2.38. The Balaban J connectivity index is 2.57. The molecule has 20 heavy (non-hydrogen) atoms. The third-order valence-electron chi connectivity index (χ3n) is 2.84. The summed E-state index contributed by atoms with van der Waals surface area (Å²) in [5, 5.41) is 5.32. The van der Waals surface area contributed by atoms with Crippen LogP contribution in [0.3, 0.4) is 0 Å². The Kier molecular flexibility index (Phi) is 6.71. The van der Waals surface area contributed by atoms with Gasteiger partial charge >= 0.3 is 0 Å². The zero-order chi connectivity index (χ0) is 15.1. The quantitative estimate of drug-likeness (QED) is 0.754. The average molecular weight is 305 g/mol. The molecule has 6 heteroatoms. The molecule has 1 amide bonds. The van der Waals surface area contributed by atoms with Gasteiger partial charge in [-0.05, 0) is 19.4 Å². The predicted molar refractivity (Wildman–Crippen MR) is 77.0 cm³/mol. The highest BCUT2D eigenvalue weighted by Crippen LogP contribution is 2.26. The van der Waals surface area contributed by atoms with Crippen molar-refractivity contribution >= 4 is 23.2 Å². The zero-order valence-corrected chi connectivity index (χ0v) is 12.4. The van der Waals surface area contributed by atoms with Gasteiger partial charge in [-0.15, -0.1) is 0 Å². The zero-order valence-electron chi connectivity index (χ0n) is 11.6. The van der Waals surface area contributed by atoms with Gasteiger partial charge < -0.3 is 10.6 Å². The topological polar surface area (TPSA) is 41.1 Å². The Labute approximate surface area is 122 Å². The molecule has 0 fully saturated rings. The van der Waals surface area contributed by atoms with E-state index in [0.717, 1.165) is 31.4 Å². The standard InChI is InChI=1S/C14H19ClF2N2O/c1-3-4-5-6-18-14(20)9(2)19-13-11(15)7-10(16)8-12(13)17/h7-9,19H,3-6H2,1-2H3,(H,18,20). The van der Waals surface area contributed by atoms with Crippen LogP contribution in [0.15, 0.2) is 12.1 Å². The number of carbonyl (C=O) groups excluding carboxylic acids is 1. The van der Waals surface area contributed by atoms with Crippen molar-refractivity contribution in [2.45, 2.75) is 39.2 Å². The first-order valence-corrected chi connectivity index (χ1v) is 7.02. The first kappa shape index (κ1) is 16.7. The number of anilines is 1. The van der Waals surface area contributed by atoms with Gasteiger partial charge in [-0.25, -0.2) is 8.78 Å². The van der Waals surface area contributed by atoms with Crippen LogP contribution in [0, 0.1) is 11.6 Å². The third kappa shape index (κ3) is 4.96. The van der Waals surface area contributed by atoms with E-state index in [1.54, 1.807) is 6.92 Å². The molecule has 0 bridgehead atoms. The molecular formula is C14H19ClF2N2O. The van der Waals surface area contributed by atoms with Gasteiger partial charge in [-0.1, -0.05) is 31.4 Å². The van der Waals surface area contributed by atoms with Gasteiger partial charge in [0.25, 0.3) is 0 Å². The van der Waals surface area contributed by atoms with E-state index in [1.165, 1.54) is 0 Å². The fourth-order valence-corrected chi connectivity index (χ4v) is 1.95. The van der Waals surface area contributed by atoms with Crippen LogP contribution >= 0.6 is 11.6 Å². The lowest BCUT2D eigenvalue weighted by Gasteiger charge is -2.16. The molecule has 1 aromatic carbocycles. The van der Waals surface area contributed by atoms with Crippen molar-refractivity contribution in [1.82, 2.24) is 5.32 Å². The molecule has 0 saturated carbocycles. The van der Waals surface area contributed by atoms with Crippen LogP contribution in [0.1, 0.15) is 33.1 Å². The van der Waals surface area contributed by atoms with Gasteiger partial charge in [0.1, 0.15) is 11.9 Å². The van der Waals surface area contributed by atoms with E-state index in [1.807, 2.05) is 0 Å². The summed E-state index contributed by atoms with van der Waals surface area (Å²) in [5.41, 5.74) is -0.0655. The summed E-state index contributed by atoms with van der Waals surface area (Å²) in [6.45, 7) is 4.25. The van der Waals surface area contributed by atoms with Crippen molar-refractivity contribution in [1.29, 1.82) is 0 Å². The summed E-state index contributed by atoms with van der Waals surface area (Å²) in [4.78, 5) is 11.8. The molecule has 0 saturated heterocycles. The minimum absolute atomic E-state index is 0.0655. The second kappa shape index (κ2) is 8.04. The lowest BCUT2D eigenvalue weighted by atomic mass is 10.2. The monoisotopic (exact) mass is 304 g/mol. The maximum Gasteiger partial charge on any atom is 0.242 e. The Morgan fingerprint density at radius 1 is 1.35 bits per heavy atom. The number of halogens is 3. The third-order valence-corrected chi connectivity index (χ3v) is 3.14. The molecule has 0 heterocycles. The Hall–Kier alpha value is -1.36. The van der Waals surface area contributed by atoms with E-state index < -0.39 is 17.7 Å². The summed E-state index contributed by atoms with van der Waals surface area (Å²) >= 11 is 5.75. The van der Waals surface area contributed by atoms with E-state index >= 15 is 0 Å². The molecule has 2 N–H and O–H groups in total. The van der Waals surface area contributed by atoms with Crippen LogP contribution in [0.4, 0.5) is 14.5 Å². The fourth-order valence-electron chi connectivity index (χ4n) is 1.70. The van der Waals surface area contributed by atoms with Crippen molar-refractivity contribution in [2.75, 3.05) is 11.9 Å². The molecule has 0 aliphatic carbocycles. The molecule has 0 radical (unpaired) electrons. The van der Waals surface area contributed by atoms with Crippen molar-refractivity contribution in [3.63, 3.8) is 0 Å². The first-order chi connectivity index (χ1) is 9.45. The molecule has 112 valence electrons. The van der Waals surface area contributed by atoms with Crippen molar-refractivity contribution in [3.05, 3.63) is 28.8 Å². The summed E-state index contributed by atoms with van der Waals surface area (Å²) in [7, 11) is 0. The molecule has 0 aromatic heterocycles. The minimum atomic E-state index is -0.819. The number of hydrogen-bond acceptors (Lipinski definition) is 2. The van der Waals surface area contributed by atoms with Gasteiger partial charge in [0.15, 0.2) is 5.82 Å². The van der Waals surface area contributed by atoms with Crippen LogP contribution in [-0.2, 0) is 4.79 Å². The van der Waals surface area contributed by atoms with E-state index in [9.17, 15) is 13.6 Å². The summed E-state index contributed by atoms with van der Waals surface area (Å²) in [5.74, 6) is -1.82. The smallest absolute Gasteiger partial charge is 0.242 e. The summed E-state index contributed by atoms with van der Waals surface area (Å²) in [6.07, 6.45) is 3.02. The number of unbranched alkanes of at least 4 members (excludes halogenated alkanes) is 2. The van der Waals surface area contributed by atoms with Crippen LogP contribution in [0.25, 0.3) is 0 Å². The number of hydrogen-bond donors (Lipinski definition) is 2. The Bertz CT molecular complexity index is 445. The van der Waals surface area contributed by atoms with E-state index in [2.05, 4.69) is 17.6 Å². The van der Waals surface area contributed by atoms with Crippen molar-refractivity contribution < 1.29 is 13.6 Å². The van der Waals surface area contributed by atoms with Gasteiger partial charge in [-0.2, -0.15) is 0 Å². The number of benzene rings is 1. The SMILES string of the molecule is CCCCCNC(=O)C(C)Nc1c(F)cc(F)cc1Cl. The van der Waals surface area contributed by atoms with Crippen LogP contribution in [0.5, 0.6) is 0 Å². The molecule has 1 aromatic rings. The minimum Gasteiger partial charge on any atom is -0.370 e. The Morgan fingerprint density at radius 3 is 2.65 bits per heavy atom. The fraction of sp³-hybridized carbons (Fsp3) is 0.500. The molecule has 1 unspecified atom stereocenters. The number of nitrogens with one attached hydrogen (secondary N) is 2. The second-order valence-corrected chi connectivity index (χ2v) is 5.02. The number of carbonyl (C=O) groups is 1. The highest BCUT2D eigenvalue weighted by atomic mass is 35.5.